The minimum absolute atomic E-state index is 0.0956. The minimum Gasteiger partial charge on any atom is -0.465 e. The first kappa shape index (κ1) is 18.7. The third-order valence-electron chi connectivity index (χ3n) is 4.60. The van der Waals surface area contributed by atoms with Gasteiger partial charge in [0.2, 0.25) is 11.8 Å². The van der Waals surface area contributed by atoms with Gasteiger partial charge in [-0.3, -0.25) is 4.79 Å². The number of furan rings is 1. The summed E-state index contributed by atoms with van der Waals surface area (Å²) < 4.78 is 11.1. The summed E-state index contributed by atoms with van der Waals surface area (Å²) in [6.45, 7) is 6.54. The van der Waals surface area contributed by atoms with E-state index in [1.54, 1.807) is 42.7 Å². The fourth-order valence-corrected chi connectivity index (χ4v) is 2.97. The summed E-state index contributed by atoms with van der Waals surface area (Å²) in [5.74, 6) is 0.929. The largest absolute Gasteiger partial charge is 0.465 e. The molecular weight excluding hydrogens is 364 g/mol. The van der Waals surface area contributed by atoms with E-state index in [0.29, 0.717) is 28.4 Å². The Labute approximate surface area is 169 Å². The molecule has 4 aromatic rings. The lowest BCUT2D eigenvalue weighted by Crippen LogP contribution is -2.10. The first-order valence-corrected chi connectivity index (χ1v) is 9.42. The number of carbonyl (C=O) groups excluding carboxylic acids is 1. The Morgan fingerprint density at radius 1 is 1.07 bits per heavy atom. The van der Waals surface area contributed by atoms with E-state index in [2.05, 4.69) is 43.2 Å². The van der Waals surface area contributed by atoms with E-state index in [1.807, 2.05) is 12.1 Å². The van der Waals surface area contributed by atoms with Crippen LogP contribution in [0.4, 0.5) is 5.69 Å². The molecule has 1 N–H and O–H groups in total. The molecule has 0 atom stereocenters. The fourth-order valence-electron chi connectivity index (χ4n) is 2.97. The van der Waals surface area contributed by atoms with Crippen LogP contribution >= 0.6 is 0 Å². The van der Waals surface area contributed by atoms with Crippen molar-refractivity contribution in [3.05, 3.63) is 78.3 Å². The molecule has 0 saturated carbocycles. The van der Waals surface area contributed by atoms with Gasteiger partial charge < -0.3 is 14.2 Å². The van der Waals surface area contributed by atoms with Crippen molar-refractivity contribution in [2.45, 2.75) is 26.2 Å². The van der Waals surface area contributed by atoms with E-state index in [0.717, 1.165) is 5.56 Å². The number of fused-ring (bicyclic) bond motifs is 1. The summed E-state index contributed by atoms with van der Waals surface area (Å²) in [5, 5.41) is 2.82. The molecule has 2 aromatic heterocycles. The number of anilines is 1. The maximum absolute atomic E-state index is 12.1. The van der Waals surface area contributed by atoms with Crippen molar-refractivity contribution >= 4 is 28.8 Å². The number of aromatic nitrogens is 1. The van der Waals surface area contributed by atoms with Crippen molar-refractivity contribution in [2.24, 2.45) is 0 Å². The number of amides is 1. The molecule has 5 nitrogen and oxygen atoms in total. The van der Waals surface area contributed by atoms with Gasteiger partial charge in [0.25, 0.3) is 0 Å². The Morgan fingerprint density at radius 2 is 1.86 bits per heavy atom. The molecule has 4 rings (SSSR count). The van der Waals surface area contributed by atoms with Gasteiger partial charge in [0.05, 0.1) is 6.26 Å². The van der Waals surface area contributed by atoms with E-state index in [9.17, 15) is 4.79 Å². The van der Waals surface area contributed by atoms with E-state index < -0.39 is 0 Å². The highest BCUT2D eigenvalue weighted by Gasteiger charge is 2.15. The van der Waals surface area contributed by atoms with Gasteiger partial charge in [0, 0.05) is 17.3 Å². The van der Waals surface area contributed by atoms with Gasteiger partial charge >= 0.3 is 0 Å². The molecule has 146 valence electrons. The molecular formula is C24H22N2O3. The Kier molecular flexibility index (Phi) is 4.80. The van der Waals surface area contributed by atoms with Crippen LogP contribution in [0.5, 0.6) is 0 Å². The van der Waals surface area contributed by atoms with Crippen molar-refractivity contribution < 1.29 is 13.6 Å². The van der Waals surface area contributed by atoms with Crippen LogP contribution in [0.2, 0.25) is 0 Å². The lowest BCUT2D eigenvalue weighted by Gasteiger charge is -2.18. The number of hydrogen-bond donors (Lipinski definition) is 1. The zero-order valence-corrected chi connectivity index (χ0v) is 16.6. The third kappa shape index (κ3) is 4.29. The number of benzene rings is 2. The number of nitrogens with zero attached hydrogens (tertiary/aromatic N) is 1. The average molecular weight is 386 g/mol. The normalized spacial score (nSPS) is 12.0. The first-order valence-electron chi connectivity index (χ1n) is 9.42. The Bertz CT molecular complexity index is 1160. The molecule has 0 radical (unpaired) electrons. The Morgan fingerprint density at radius 3 is 2.55 bits per heavy atom. The van der Waals surface area contributed by atoms with Gasteiger partial charge in [-0.15, -0.1) is 0 Å². The molecule has 0 aliphatic carbocycles. The van der Waals surface area contributed by atoms with E-state index >= 15 is 0 Å². The summed E-state index contributed by atoms with van der Waals surface area (Å²) in [7, 11) is 0. The van der Waals surface area contributed by atoms with Crippen LogP contribution in [0.15, 0.2) is 75.8 Å². The predicted molar refractivity (Wildman–Crippen MR) is 115 cm³/mol. The summed E-state index contributed by atoms with van der Waals surface area (Å²) in [4.78, 5) is 16.7. The van der Waals surface area contributed by atoms with Crippen molar-refractivity contribution in [1.29, 1.82) is 0 Å². The summed E-state index contributed by atoms with van der Waals surface area (Å²) in [6.07, 6.45) is 4.60. The van der Waals surface area contributed by atoms with Gasteiger partial charge in [0.1, 0.15) is 11.3 Å². The summed E-state index contributed by atoms with van der Waals surface area (Å²) in [5.41, 5.74) is 4.27. The zero-order valence-electron chi connectivity index (χ0n) is 16.6. The molecule has 0 spiro atoms. The summed E-state index contributed by atoms with van der Waals surface area (Å²) in [6, 6.07) is 17.2. The predicted octanol–water partition coefficient (Wildman–Crippen LogP) is 6.04. The van der Waals surface area contributed by atoms with E-state index in [1.165, 1.54) is 11.6 Å². The minimum atomic E-state index is -0.248. The molecule has 0 unspecified atom stereocenters. The molecule has 0 bridgehead atoms. The van der Waals surface area contributed by atoms with Gasteiger partial charge in [-0.1, -0.05) is 32.9 Å². The maximum Gasteiger partial charge on any atom is 0.248 e. The molecule has 0 fully saturated rings. The van der Waals surface area contributed by atoms with Crippen LogP contribution in [0, 0.1) is 0 Å². The number of carbonyl (C=O) groups is 1. The zero-order chi connectivity index (χ0) is 20.4. The van der Waals surface area contributed by atoms with Gasteiger partial charge in [-0.2, -0.15) is 0 Å². The van der Waals surface area contributed by atoms with Crippen LogP contribution in [0.25, 0.3) is 28.6 Å². The lowest BCUT2D eigenvalue weighted by molar-refractivity contribution is -0.111. The third-order valence-corrected chi connectivity index (χ3v) is 4.60. The fraction of sp³-hybridized carbons (Fsp3) is 0.167. The monoisotopic (exact) mass is 386 g/mol. The standard InChI is InChI=1S/C24H22N2O3/c1-24(2,3)17-8-6-16(7-9-17)23-26-20-15-18(10-12-21(20)29-23)25-22(27)13-11-19-5-4-14-28-19/h4-15H,1-3H3,(H,25,27)/b13-11-. The highest BCUT2D eigenvalue weighted by molar-refractivity contribution is 6.02. The van der Waals surface area contributed by atoms with Crippen molar-refractivity contribution in [3.8, 4) is 11.5 Å². The molecule has 1 amide bonds. The van der Waals surface area contributed by atoms with Crippen molar-refractivity contribution in [3.63, 3.8) is 0 Å². The number of hydrogen-bond acceptors (Lipinski definition) is 4. The second-order valence-electron chi connectivity index (χ2n) is 7.87. The van der Waals surface area contributed by atoms with Crippen molar-refractivity contribution in [1.82, 2.24) is 4.98 Å². The smallest absolute Gasteiger partial charge is 0.248 e. The van der Waals surface area contributed by atoms with Crippen LogP contribution < -0.4 is 5.32 Å². The highest BCUT2D eigenvalue weighted by Crippen LogP contribution is 2.29. The molecule has 0 aliphatic rings. The molecule has 29 heavy (non-hydrogen) atoms. The van der Waals surface area contributed by atoms with Gasteiger partial charge in [0.15, 0.2) is 5.58 Å². The maximum atomic E-state index is 12.1. The van der Waals surface area contributed by atoms with Gasteiger partial charge in [-0.05, 0) is 59.5 Å². The quantitative estimate of drug-likeness (QED) is 0.434. The van der Waals surface area contributed by atoms with Gasteiger partial charge in [-0.25, -0.2) is 4.98 Å². The second-order valence-corrected chi connectivity index (χ2v) is 7.87. The molecule has 2 heterocycles. The van der Waals surface area contributed by atoms with Crippen LogP contribution in [0.3, 0.4) is 0 Å². The number of oxazole rings is 1. The summed E-state index contributed by atoms with van der Waals surface area (Å²) >= 11 is 0. The molecule has 0 saturated heterocycles. The SMILES string of the molecule is CC(C)(C)c1ccc(-c2nc3cc(NC(=O)/C=C\c4ccco4)ccc3o2)cc1. The van der Waals surface area contributed by atoms with Crippen LogP contribution in [-0.4, -0.2) is 10.9 Å². The molecule has 5 heteroatoms. The lowest BCUT2D eigenvalue weighted by atomic mass is 9.87. The molecule has 2 aromatic carbocycles. The Hall–Kier alpha value is -3.60. The Balaban J connectivity index is 1.52. The number of rotatable bonds is 4. The first-order chi connectivity index (χ1) is 13.9. The number of nitrogens with one attached hydrogen (secondary N) is 1. The van der Waals surface area contributed by atoms with Crippen LogP contribution in [0.1, 0.15) is 32.1 Å². The second kappa shape index (κ2) is 7.43. The average Bonchev–Trinajstić information content (AvgIpc) is 3.35. The van der Waals surface area contributed by atoms with Crippen LogP contribution in [-0.2, 0) is 10.2 Å². The van der Waals surface area contributed by atoms with E-state index in [-0.39, 0.29) is 11.3 Å². The highest BCUT2D eigenvalue weighted by atomic mass is 16.3. The van der Waals surface area contributed by atoms with E-state index in [4.69, 9.17) is 8.83 Å². The topological polar surface area (TPSA) is 68.3 Å². The van der Waals surface area contributed by atoms with Crippen molar-refractivity contribution in [2.75, 3.05) is 5.32 Å². The molecule has 0 aliphatic heterocycles.